The van der Waals surface area contributed by atoms with Gasteiger partial charge in [0.1, 0.15) is 0 Å². The topological polar surface area (TPSA) is 71.3 Å². The zero-order chi connectivity index (χ0) is 16.1. The summed E-state index contributed by atoms with van der Waals surface area (Å²) < 4.78 is 5.01. The highest BCUT2D eigenvalue weighted by Gasteiger charge is 2.25. The van der Waals surface area contributed by atoms with E-state index < -0.39 is 0 Å². The Kier molecular flexibility index (Phi) is 4.76. The maximum Gasteiger partial charge on any atom is 0.287 e. The largest absolute Gasteiger partial charge is 0.459 e. The Balaban J connectivity index is 1.48. The van der Waals surface area contributed by atoms with Crippen LogP contribution in [0.1, 0.15) is 40.4 Å². The van der Waals surface area contributed by atoms with Crippen molar-refractivity contribution in [1.82, 2.24) is 10.6 Å². The molecule has 0 saturated carbocycles. The van der Waals surface area contributed by atoms with Crippen LogP contribution < -0.4 is 10.6 Å². The molecule has 2 N–H and O–H groups in total. The van der Waals surface area contributed by atoms with Gasteiger partial charge in [-0.15, -0.1) is 0 Å². The fourth-order valence-electron chi connectivity index (χ4n) is 3.01. The van der Waals surface area contributed by atoms with Gasteiger partial charge in [-0.3, -0.25) is 9.59 Å². The molecule has 2 aromatic rings. The lowest BCUT2D eigenvalue weighted by Crippen LogP contribution is -2.37. The van der Waals surface area contributed by atoms with Gasteiger partial charge in [-0.05, 0) is 42.5 Å². The lowest BCUT2D eigenvalue weighted by Gasteiger charge is -2.24. The predicted octanol–water partition coefficient (Wildman–Crippen LogP) is 2.25. The minimum atomic E-state index is -0.271. The smallest absolute Gasteiger partial charge is 0.287 e. The van der Waals surface area contributed by atoms with Crippen LogP contribution >= 0.6 is 0 Å². The second-order valence-corrected chi connectivity index (χ2v) is 5.67. The van der Waals surface area contributed by atoms with E-state index in [1.807, 2.05) is 18.2 Å². The number of amides is 2. The summed E-state index contributed by atoms with van der Waals surface area (Å²) in [4.78, 5) is 24.1. The molecule has 1 aromatic carbocycles. The average molecular weight is 312 g/mol. The van der Waals surface area contributed by atoms with E-state index >= 15 is 0 Å². The van der Waals surface area contributed by atoms with Crippen molar-refractivity contribution in [2.24, 2.45) is 0 Å². The van der Waals surface area contributed by atoms with Gasteiger partial charge in [-0.1, -0.05) is 24.3 Å². The van der Waals surface area contributed by atoms with Crippen LogP contribution in [0.25, 0.3) is 0 Å². The molecule has 0 aliphatic heterocycles. The molecular formula is C18H20N2O3. The van der Waals surface area contributed by atoms with Gasteiger partial charge < -0.3 is 15.1 Å². The molecular weight excluding hydrogens is 292 g/mol. The van der Waals surface area contributed by atoms with E-state index in [4.69, 9.17) is 4.42 Å². The van der Waals surface area contributed by atoms with E-state index in [1.54, 1.807) is 12.1 Å². The molecule has 0 bridgehead atoms. The lowest BCUT2D eigenvalue weighted by molar-refractivity contribution is -0.122. The predicted molar refractivity (Wildman–Crippen MR) is 86.2 cm³/mol. The standard InChI is InChI=1S/C18H20N2O3/c21-17(15-8-3-6-13-5-1-2-7-14(13)15)19-10-11-20-18(22)16-9-4-12-23-16/h1-2,4-5,7,9,12,15H,3,6,8,10-11H2,(H,19,21)(H,20,22)/t15-/m0/s1. The van der Waals surface area contributed by atoms with E-state index in [9.17, 15) is 9.59 Å². The number of aryl methyl sites for hydroxylation is 1. The van der Waals surface area contributed by atoms with Crippen molar-refractivity contribution in [1.29, 1.82) is 0 Å². The number of rotatable bonds is 5. The third-order valence-corrected chi connectivity index (χ3v) is 4.14. The third kappa shape index (κ3) is 3.62. The molecule has 3 rings (SSSR count). The highest BCUT2D eigenvalue weighted by atomic mass is 16.3. The van der Waals surface area contributed by atoms with Crippen LogP contribution in [0.3, 0.4) is 0 Å². The molecule has 0 unspecified atom stereocenters. The molecule has 0 spiro atoms. The number of hydrogen-bond donors (Lipinski definition) is 2. The molecule has 120 valence electrons. The summed E-state index contributed by atoms with van der Waals surface area (Å²) in [7, 11) is 0. The summed E-state index contributed by atoms with van der Waals surface area (Å²) in [6.07, 6.45) is 4.41. The summed E-state index contributed by atoms with van der Waals surface area (Å²) in [6.45, 7) is 0.781. The molecule has 1 atom stereocenters. The number of fused-ring (bicyclic) bond motifs is 1. The monoisotopic (exact) mass is 312 g/mol. The Bertz CT molecular complexity index is 679. The molecule has 0 fully saturated rings. The molecule has 1 aromatic heterocycles. The van der Waals surface area contributed by atoms with Crippen LogP contribution in [0, 0.1) is 0 Å². The van der Waals surface area contributed by atoms with Crippen LogP contribution in [0.15, 0.2) is 47.1 Å². The van der Waals surface area contributed by atoms with Crippen molar-refractivity contribution in [3.63, 3.8) is 0 Å². The van der Waals surface area contributed by atoms with Crippen LogP contribution in [-0.4, -0.2) is 24.9 Å². The first-order valence-electron chi connectivity index (χ1n) is 7.93. The first-order valence-corrected chi connectivity index (χ1v) is 7.93. The molecule has 1 aliphatic rings. The van der Waals surface area contributed by atoms with Crippen molar-refractivity contribution in [2.75, 3.05) is 13.1 Å². The normalized spacial score (nSPS) is 16.4. The van der Waals surface area contributed by atoms with E-state index in [-0.39, 0.29) is 23.5 Å². The first kappa shape index (κ1) is 15.3. The number of furan rings is 1. The van der Waals surface area contributed by atoms with Gasteiger partial charge in [0.2, 0.25) is 5.91 Å². The first-order chi connectivity index (χ1) is 11.3. The van der Waals surface area contributed by atoms with Crippen molar-refractivity contribution < 1.29 is 14.0 Å². The summed E-state index contributed by atoms with van der Waals surface area (Å²) in [5, 5.41) is 5.62. The summed E-state index contributed by atoms with van der Waals surface area (Å²) in [5.41, 5.74) is 2.40. The maximum atomic E-state index is 12.4. The van der Waals surface area contributed by atoms with Crippen LogP contribution in [0.4, 0.5) is 0 Å². The fourth-order valence-corrected chi connectivity index (χ4v) is 3.01. The van der Waals surface area contributed by atoms with Gasteiger partial charge in [0.05, 0.1) is 12.2 Å². The molecule has 1 aliphatic carbocycles. The fraction of sp³-hybridized carbons (Fsp3) is 0.333. The Hall–Kier alpha value is -2.56. The molecule has 5 heteroatoms. The summed E-state index contributed by atoms with van der Waals surface area (Å²) >= 11 is 0. The second kappa shape index (κ2) is 7.13. The maximum absolute atomic E-state index is 12.4. The highest BCUT2D eigenvalue weighted by molar-refractivity contribution is 5.91. The zero-order valence-corrected chi connectivity index (χ0v) is 12.9. The van der Waals surface area contributed by atoms with Gasteiger partial charge >= 0.3 is 0 Å². The minimum absolute atomic E-state index is 0.0318. The lowest BCUT2D eigenvalue weighted by atomic mass is 9.82. The SMILES string of the molecule is O=C(NCCNC(=O)[C@H]1CCCc2ccccc21)c1ccco1. The number of carbonyl (C=O) groups is 2. The minimum Gasteiger partial charge on any atom is -0.459 e. The number of hydrogen-bond acceptors (Lipinski definition) is 3. The van der Waals surface area contributed by atoms with Crippen molar-refractivity contribution in [2.45, 2.75) is 25.2 Å². The van der Waals surface area contributed by atoms with E-state index in [1.165, 1.54) is 11.8 Å². The molecule has 23 heavy (non-hydrogen) atoms. The zero-order valence-electron chi connectivity index (χ0n) is 12.9. The van der Waals surface area contributed by atoms with E-state index in [0.29, 0.717) is 13.1 Å². The molecule has 5 nitrogen and oxygen atoms in total. The second-order valence-electron chi connectivity index (χ2n) is 5.67. The number of benzene rings is 1. The van der Waals surface area contributed by atoms with Crippen LogP contribution in [0.5, 0.6) is 0 Å². The van der Waals surface area contributed by atoms with Gasteiger partial charge in [-0.25, -0.2) is 0 Å². The van der Waals surface area contributed by atoms with Crippen molar-refractivity contribution in [3.8, 4) is 0 Å². The van der Waals surface area contributed by atoms with Gasteiger partial charge in [-0.2, -0.15) is 0 Å². The number of carbonyl (C=O) groups excluding carboxylic acids is 2. The number of nitrogens with one attached hydrogen (secondary N) is 2. The van der Waals surface area contributed by atoms with Gasteiger partial charge in [0.25, 0.3) is 5.91 Å². The van der Waals surface area contributed by atoms with Gasteiger partial charge in [0, 0.05) is 13.1 Å². The molecule has 2 amide bonds. The Morgan fingerprint density at radius 3 is 2.74 bits per heavy atom. The Morgan fingerprint density at radius 1 is 1.09 bits per heavy atom. The summed E-state index contributed by atoms with van der Waals surface area (Å²) in [5.74, 6) is -0.0464. The third-order valence-electron chi connectivity index (χ3n) is 4.14. The Labute approximate surface area is 135 Å². The van der Waals surface area contributed by atoms with Crippen molar-refractivity contribution in [3.05, 3.63) is 59.5 Å². The van der Waals surface area contributed by atoms with Gasteiger partial charge in [0.15, 0.2) is 5.76 Å². The molecule has 0 saturated heterocycles. The molecule has 0 radical (unpaired) electrons. The summed E-state index contributed by atoms with van der Waals surface area (Å²) in [6, 6.07) is 11.4. The van der Waals surface area contributed by atoms with E-state index in [0.717, 1.165) is 24.8 Å². The van der Waals surface area contributed by atoms with Crippen molar-refractivity contribution >= 4 is 11.8 Å². The van der Waals surface area contributed by atoms with Crippen LogP contribution in [-0.2, 0) is 11.2 Å². The molecule has 1 heterocycles. The Morgan fingerprint density at radius 2 is 1.91 bits per heavy atom. The van der Waals surface area contributed by atoms with Crippen LogP contribution in [0.2, 0.25) is 0 Å². The average Bonchev–Trinajstić information content (AvgIpc) is 3.12. The highest BCUT2D eigenvalue weighted by Crippen LogP contribution is 2.31. The van der Waals surface area contributed by atoms with E-state index in [2.05, 4.69) is 16.7 Å². The quantitative estimate of drug-likeness (QED) is 0.832.